The zero-order valence-electron chi connectivity index (χ0n) is 13.3. The van der Waals surface area contributed by atoms with Crippen molar-refractivity contribution in [2.45, 2.75) is 52.6 Å². The highest BCUT2D eigenvalue weighted by Gasteiger charge is 2.20. The first kappa shape index (κ1) is 18.7. The summed E-state index contributed by atoms with van der Waals surface area (Å²) < 4.78 is 0. The van der Waals surface area contributed by atoms with Crippen molar-refractivity contribution >= 4 is 12.0 Å². The third kappa shape index (κ3) is 7.99. The van der Waals surface area contributed by atoms with Crippen LogP contribution in [-0.2, 0) is 4.79 Å². The van der Waals surface area contributed by atoms with E-state index in [-0.39, 0.29) is 5.92 Å². The summed E-state index contributed by atoms with van der Waals surface area (Å²) in [5, 5.41) is 14.2. The number of nitrogens with one attached hydrogen (secondary N) is 2. The highest BCUT2D eigenvalue weighted by Crippen LogP contribution is 2.04. The lowest BCUT2D eigenvalue weighted by molar-refractivity contribution is -0.139. The van der Waals surface area contributed by atoms with Gasteiger partial charge in [-0.25, -0.2) is 9.59 Å². The van der Waals surface area contributed by atoms with Crippen molar-refractivity contribution in [3.05, 3.63) is 0 Å². The van der Waals surface area contributed by atoms with Crippen molar-refractivity contribution < 1.29 is 14.7 Å². The van der Waals surface area contributed by atoms with Gasteiger partial charge in [0.25, 0.3) is 0 Å². The Morgan fingerprint density at radius 1 is 1.25 bits per heavy atom. The van der Waals surface area contributed by atoms with Crippen molar-refractivity contribution in [2.24, 2.45) is 5.92 Å². The molecular weight excluding hydrogens is 258 g/mol. The first-order valence-corrected chi connectivity index (χ1v) is 7.25. The number of hydrogen-bond acceptors (Lipinski definition) is 3. The van der Waals surface area contributed by atoms with Gasteiger partial charge in [0, 0.05) is 19.1 Å². The topological polar surface area (TPSA) is 81.7 Å². The monoisotopic (exact) mass is 287 g/mol. The van der Waals surface area contributed by atoms with Crippen LogP contribution in [0.2, 0.25) is 0 Å². The van der Waals surface area contributed by atoms with E-state index >= 15 is 0 Å². The molecule has 0 aromatic carbocycles. The number of carbonyl (C=O) groups excluding carboxylic acids is 1. The normalized spacial score (nSPS) is 14.2. The van der Waals surface area contributed by atoms with Crippen LogP contribution in [0.4, 0.5) is 4.79 Å². The lowest BCUT2D eigenvalue weighted by Gasteiger charge is -2.23. The molecule has 3 N–H and O–H groups in total. The molecule has 0 aromatic heterocycles. The first-order chi connectivity index (χ1) is 9.27. The largest absolute Gasteiger partial charge is 0.480 e. The van der Waals surface area contributed by atoms with Gasteiger partial charge in [-0.15, -0.1) is 0 Å². The maximum absolute atomic E-state index is 11.7. The van der Waals surface area contributed by atoms with E-state index in [2.05, 4.69) is 29.4 Å². The van der Waals surface area contributed by atoms with E-state index in [1.807, 2.05) is 20.9 Å². The zero-order valence-corrected chi connectivity index (χ0v) is 13.3. The predicted octanol–water partition coefficient (Wildman–Crippen LogP) is 1.52. The third-order valence-electron chi connectivity index (χ3n) is 3.40. The second-order valence-electron chi connectivity index (χ2n) is 5.66. The fourth-order valence-corrected chi connectivity index (χ4v) is 1.78. The summed E-state index contributed by atoms with van der Waals surface area (Å²) in [5.74, 6) is -0.779. The molecule has 0 saturated carbocycles. The Hall–Kier alpha value is -1.30. The molecular formula is C14H29N3O3. The highest BCUT2D eigenvalue weighted by molar-refractivity contribution is 5.82. The molecule has 6 nitrogen and oxygen atoms in total. The van der Waals surface area contributed by atoms with Crippen LogP contribution in [-0.4, -0.2) is 54.2 Å². The molecule has 2 amide bonds. The molecule has 0 fully saturated rings. The van der Waals surface area contributed by atoms with E-state index in [4.69, 9.17) is 5.11 Å². The number of likely N-dealkylation sites (N-methyl/N-ethyl adjacent to an activating group) is 1. The number of carboxylic acids is 1. The van der Waals surface area contributed by atoms with Gasteiger partial charge >= 0.3 is 12.0 Å². The molecule has 0 bridgehead atoms. The molecule has 0 radical (unpaired) electrons. The summed E-state index contributed by atoms with van der Waals surface area (Å²) in [6, 6.07) is -0.787. The van der Waals surface area contributed by atoms with Gasteiger partial charge in [-0.1, -0.05) is 20.8 Å². The average Bonchev–Trinajstić information content (AvgIpc) is 2.36. The lowest BCUT2D eigenvalue weighted by atomic mass is 10.0. The summed E-state index contributed by atoms with van der Waals surface area (Å²) in [6.45, 7) is 9.34. The molecule has 2 atom stereocenters. The van der Waals surface area contributed by atoms with Crippen molar-refractivity contribution in [2.75, 3.05) is 20.1 Å². The summed E-state index contributed by atoms with van der Waals surface area (Å²) >= 11 is 0. The minimum absolute atomic E-state index is 0.216. The second-order valence-corrected chi connectivity index (χ2v) is 5.66. The van der Waals surface area contributed by atoms with E-state index < -0.39 is 18.0 Å². The molecule has 0 aliphatic rings. The number of aliphatic carboxylic acids is 1. The van der Waals surface area contributed by atoms with Gasteiger partial charge in [-0.05, 0) is 32.7 Å². The molecule has 118 valence electrons. The van der Waals surface area contributed by atoms with Gasteiger partial charge in [0.2, 0.25) is 0 Å². The molecule has 6 heteroatoms. The lowest BCUT2D eigenvalue weighted by Crippen LogP contribution is -2.48. The van der Waals surface area contributed by atoms with Crippen LogP contribution in [0.1, 0.15) is 40.5 Å². The number of carbonyl (C=O) groups is 2. The summed E-state index contributed by atoms with van der Waals surface area (Å²) in [4.78, 5) is 24.8. The Morgan fingerprint density at radius 2 is 1.85 bits per heavy atom. The van der Waals surface area contributed by atoms with Crippen LogP contribution in [0.5, 0.6) is 0 Å². The standard InChI is InChI=1S/C14H29N3O3/c1-6-11(4)17(5)8-7-15-14(20)16-12(13(18)19)9-10(2)3/h10-12H,6-9H2,1-5H3,(H,18,19)(H2,15,16,20)/t11?,12-/m1/s1. The van der Waals surface area contributed by atoms with E-state index in [0.717, 1.165) is 13.0 Å². The van der Waals surface area contributed by atoms with E-state index in [1.54, 1.807) is 0 Å². The molecule has 0 aliphatic heterocycles. The maximum Gasteiger partial charge on any atom is 0.326 e. The van der Waals surface area contributed by atoms with E-state index in [0.29, 0.717) is 19.0 Å². The van der Waals surface area contributed by atoms with Gasteiger partial charge in [0.15, 0.2) is 0 Å². The quantitative estimate of drug-likeness (QED) is 0.600. The number of hydrogen-bond donors (Lipinski definition) is 3. The average molecular weight is 287 g/mol. The third-order valence-corrected chi connectivity index (χ3v) is 3.40. The molecule has 1 unspecified atom stereocenters. The van der Waals surface area contributed by atoms with E-state index in [1.165, 1.54) is 0 Å². The smallest absolute Gasteiger partial charge is 0.326 e. The van der Waals surface area contributed by atoms with Crippen LogP contribution in [0.15, 0.2) is 0 Å². The van der Waals surface area contributed by atoms with Gasteiger partial charge in [-0.2, -0.15) is 0 Å². The molecule has 0 aliphatic carbocycles. The summed E-state index contributed by atoms with van der Waals surface area (Å²) in [7, 11) is 2.01. The van der Waals surface area contributed by atoms with Crippen LogP contribution >= 0.6 is 0 Å². The number of amides is 2. The minimum Gasteiger partial charge on any atom is -0.480 e. The Balaban J connectivity index is 4.05. The molecule has 0 heterocycles. The van der Waals surface area contributed by atoms with Crippen LogP contribution in [0, 0.1) is 5.92 Å². The first-order valence-electron chi connectivity index (χ1n) is 7.25. The van der Waals surface area contributed by atoms with Gasteiger partial charge in [-0.3, -0.25) is 0 Å². The zero-order chi connectivity index (χ0) is 15.7. The molecule has 0 aromatic rings. The minimum atomic E-state index is -0.995. The molecule has 0 spiro atoms. The fraction of sp³-hybridized carbons (Fsp3) is 0.857. The Labute approximate surface area is 121 Å². The van der Waals surface area contributed by atoms with Crippen molar-refractivity contribution in [1.29, 1.82) is 0 Å². The number of urea groups is 1. The van der Waals surface area contributed by atoms with Gasteiger partial charge < -0.3 is 20.6 Å². The van der Waals surface area contributed by atoms with E-state index in [9.17, 15) is 9.59 Å². The molecule has 20 heavy (non-hydrogen) atoms. The second kappa shape index (κ2) is 9.58. The Bertz CT molecular complexity index is 308. The number of carboxylic acid groups (broad SMARTS) is 1. The van der Waals surface area contributed by atoms with Crippen molar-refractivity contribution in [3.8, 4) is 0 Å². The highest BCUT2D eigenvalue weighted by atomic mass is 16.4. The van der Waals surface area contributed by atoms with Gasteiger partial charge in [0.05, 0.1) is 0 Å². The molecule has 0 rings (SSSR count). The fourth-order valence-electron chi connectivity index (χ4n) is 1.78. The van der Waals surface area contributed by atoms with Gasteiger partial charge in [0.1, 0.15) is 6.04 Å². The van der Waals surface area contributed by atoms with Crippen molar-refractivity contribution in [3.63, 3.8) is 0 Å². The van der Waals surface area contributed by atoms with Crippen LogP contribution in [0.3, 0.4) is 0 Å². The Morgan fingerprint density at radius 3 is 2.30 bits per heavy atom. The molecule has 0 saturated heterocycles. The van der Waals surface area contributed by atoms with Crippen molar-refractivity contribution in [1.82, 2.24) is 15.5 Å². The predicted molar refractivity (Wildman–Crippen MR) is 79.8 cm³/mol. The maximum atomic E-state index is 11.7. The van der Waals surface area contributed by atoms with Crippen LogP contribution < -0.4 is 10.6 Å². The SMILES string of the molecule is CCC(C)N(C)CCNC(=O)N[C@H](CC(C)C)C(=O)O. The summed E-state index contributed by atoms with van der Waals surface area (Å²) in [6.07, 6.45) is 1.48. The number of nitrogens with zero attached hydrogens (tertiary/aromatic N) is 1. The Kier molecular flexibility index (Phi) is 8.96. The number of rotatable bonds is 9. The van der Waals surface area contributed by atoms with Crippen LogP contribution in [0.25, 0.3) is 0 Å². The summed E-state index contributed by atoms with van der Waals surface area (Å²) in [5.41, 5.74) is 0.